The maximum absolute atomic E-state index is 11.5. The van der Waals surface area contributed by atoms with Crippen LogP contribution >= 0.6 is 0 Å². The zero-order valence-electron chi connectivity index (χ0n) is 8.53. The molecule has 0 fully saturated rings. The second kappa shape index (κ2) is 5.93. The number of carbonyl (C=O) groups is 2. The molecule has 0 amide bonds. The van der Waals surface area contributed by atoms with E-state index in [0.29, 0.717) is 5.56 Å². The van der Waals surface area contributed by atoms with Crippen LogP contribution in [0.2, 0.25) is 0 Å². The molecule has 4 nitrogen and oxygen atoms in total. The first-order valence-electron chi connectivity index (χ1n) is 4.60. The number of hydrogen-bond acceptors (Lipinski definition) is 4. The van der Waals surface area contributed by atoms with Crippen LogP contribution in [0.15, 0.2) is 30.3 Å². The number of carbonyl (C=O) groups excluding carboxylic acids is 2. The Morgan fingerprint density at radius 1 is 1.20 bits per heavy atom. The lowest BCUT2D eigenvalue weighted by Crippen LogP contribution is -2.29. The standard InChI is InChI=1S/C11H13NO3/c1-15-11(14)8-12-7-10(13)9-5-3-2-4-6-9/h2-6,12H,7-8H2,1H3. The normalized spacial score (nSPS) is 9.67. The van der Waals surface area contributed by atoms with Gasteiger partial charge in [-0.15, -0.1) is 0 Å². The Morgan fingerprint density at radius 3 is 2.47 bits per heavy atom. The van der Waals surface area contributed by atoms with Crippen molar-refractivity contribution in [1.29, 1.82) is 0 Å². The van der Waals surface area contributed by atoms with Gasteiger partial charge in [-0.1, -0.05) is 30.3 Å². The van der Waals surface area contributed by atoms with Crippen LogP contribution in [-0.4, -0.2) is 32.0 Å². The third-order valence-electron chi connectivity index (χ3n) is 1.88. The van der Waals surface area contributed by atoms with Crippen molar-refractivity contribution >= 4 is 11.8 Å². The summed E-state index contributed by atoms with van der Waals surface area (Å²) in [5.41, 5.74) is 0.634. The Labute approximate surface area is 88.2 Å². The molecule has 0 spiro atoms. The van der Waals surface area contributed by atoms with E-state index in [9.17, 15) is 9.59 Å². The first kappa shape index (κ1) is 11.4. The number of esters is 1. The van der Waals surface area contributed by atoms with Gasteiger partial charge < -0.3 is 4.74 Å². The Morgan fingerprint density at radius 2 is 1.87 bits per heavy atom. The topological polar surface area (TPSA) is 55.4 Å². The highest BCUT2D eigenvalue weighted by molar-refractivity contribution is 5.97. The largest absolute Gasteiger partial charge is 0.468 e. The van der Waals surface area contributed by atoms with Crippen molar-refractivity contribution < 1.29 is 14.3 Å². The summed E-state index contributed by atoms with van der Waals surface area (Å²) < 4.78 is 4.42. The van der Waals surface area contributed by atoms with Gasteiger partial charge in [-0.2, -0.15) is 0 Å². The highest BCUT2D eigenvalue weighted by Gasteiger charge is 2.05. The molecule has 1 rings (SSSR count). The number of hydrogen-bond donors (Lipinski definition) is 1. The zero-order valence-corrected chi connectivity index (χ0v) is 8.53. The Bertz CT molecular complexity index is 335. The van der Waals surface area contributed by atoms with Gasteiger partial charge >= 0.3 is 5.97 Å². The quantitative estimate of drug-likeness (QED) is 0.568. The molecule has 0 radical (unpaired) electrons. The zero-order chi connectivity index (χ0) is 11.1. The number of nitrogens with one attached hydrogen (secondary N) is 1. The van der Waals surface area contributed by atoms with E-state index in [1.54, 1.807) is 24.3 Å². The Hall–Kier alpha value is -1.68. The number of ether oxygens (including phenoxy) is 1. The minimum atomic E-state index is -0.379. The van der Waals surface area contributed by atoms with Gasteiger partial charge in [-0.3, -0.25) is 14.9 Å². The molecule has 0 atom stereocenters. The molecule has 0 aliphatic heterocycles. The van der Waals surface area contributed by atoms with E-state index in [0.717, 1.165) is 0 Å². The van der Waals surface area contributed by atoms with Crippen molar-refractivity contribution in [2.24, 2.45) is 0 Å². The monoisotopic (exact) mass is 207 g/mol. The number of Topliss-reactive ketones (excluding diaryl/α,β-unsaturated/α-hetero) is 1. The SMILES string of the molecule is COC(=O)CNCC(=O)c1ccccc1. The number of methoxy groups -OCH3 is 1. The molecule has 0 saturated heterocycles. The van der Waals surface area contributed by atoms with E-state index < -0.39 is 0 Å². The Balaban J connectivity index is 2.34. The molecule has 1 aromatic rings. The summed E-state index contributed by atoms with van der Waals surface area (Å²) in [7, 11) is 1.31. The fraction of sp³-hybridized carbons (Fsp3) is 0.273. The smallest absolute Gasteiger partial charge is 0.319 e. The van der Waals surface area contributed by atoms with Gasteiger partial charge in [0.15, 0.2) is 5.78 Å². The molecule has 80 valence electrons. The summed E-state index contributed by atoms with van der Waals surface area (Å²) in [6.45, 7) is 0.189. The molecule has 0 aliphatic rings. The van der Waals surface area contributed by atoms with Gasteiger partial charge in [0.25, 0.3) is 0 Å². The second-order valence-corrected chi connectivity index (χ2v) is 2.97. The van der Waals surface area contributed by atoms with Crippen molar-refractivity contribution in [3.63, 3.8) is 0 Å². The van der Waals surface area contributed by atoms with Crippen molar-refractivity contribution in [3.8, 4) is 0 Å². The summed E-state index contributed by atoms with van der Waals surface area (Å²) >= 11 is 0. The van der Waals surface area contributed by atoms with Crippen LogP contribution in [-0.2, 0) is 9.53 Å². The molecule has 0 unspecified atom stereocenters. The lowest BCUT2D eigenvalue weighted by molar-refractivity contribution is -0.139. The summed E-state index contributed by atoms with van der Waals surface area (Å²) in [5.74, 6) is -0.421. The molecule has 15 heavy (non-hydrogen) atoms. The van der Waals surface area contributed by atoms with Gasteiger partial charge in [0.05, 0.1) is 20.2 Å². The average molecular weight is 207 g/mol. The predicted octanol–water partition coefficient (Wildman–Crippen LogP) is 0.632. The fourth-order valence-corrected chi connectivity index (χ4v) is 1.08. The molecule has 0 aromatic heterocycles. The highest BCUT2D eigenvalue weighted by atomic mass is 16.5. The van der Waals surface area contributed by atoms with Gasteiger partial charge in [0.1, 0.15) is 0 Å². The van der Waals surface area contributed by atoms with E-state index in [2.05, 4.69) is 10.1 Å². The number of ketones is 1. The molecule has 0 saturated carbocycles. The maximum atomic E-state index is 11.5. The first-order valence-corrected chi connectivity index (χ1v) is 4.60. The fourth-order valence-electron chi connectivity index (χ4n) is 1.08. The Kier molecular flexibility index (Phi) is 4.50. The van der Waals surface area contributed by atoms with E-state index in [4.69, 9.17) is 0 Å². The second-order valence-electron chi connectivity index (χ2n) is 2.97. The van der Waals surface area contributed by atoms with E-state index in [1.165, 1.54) is 7.11 Å². The van der Waals surface area contributed by atoms with Crippen LogP contribution < -0.4 is 5.32 Å². The first-order chi connectivity index (χ1) is 7.24. The number of rotatable bonds is 5. The van der Waals surface area contributed by atoms with Crippen LogP contribution in [0.3, 0.4) is 0 Å². The summed E-state index contributed by atoms with van der Waals surface area (Å²) in [4.78, 5) is 22.2. The molecule has 0 bridgehead atoms. The predicted molar refractivity (Wildman–Crippen MR) is 55.7 cm³/mol. The summed E-state index contributed by atoms with van der Waals surface area (Å²) in [6, 6.07) is 8.92. The molecular weight excluding hydrogens is 194 g/mol. The highest BCUT2D eigenvalue weighted by Crippen LogP contribution is 1.98. The minimum absolute atomic E-state index is 0.0421. The third kappa shape index (κ3) is 3.91. The molecule has 0 heterocycles. The van der Waals surface area contributed by atoms with Crippen molar-refractivity contribution in [3.05, 3.63) is 35.9 Å². The molecule has 4 heteroatoms. The van der Waals surface area contributed by atoms with Gasteiger partial charge in [-0.25, -0.2) is 0 Å². The minimum Gasteiger partial charge on any atom is -0.468 e. The number of benzene rings is 1. The lowest BCUT2D eigenvalue weighted by atomic mass is 10.1. The van der Waals surface area contributed by atoms with Crippen LogP contribution in [0.1, 0.15) is 10.4 Å². The van der Waals surface area contributed by atoms with E-state index in [-0.39, 0.29) is 24.8 Å². The average Bonchev–Trinajstić information content (AvgIpc) is 2.29. The molecular formula is C11H13NO3. The lowest BCUT2D eigenvalue weighted by Gasteiger charge is -2.02. The van der Waals surface area contributed by atoms with Crippen molar-refractivity contribution in [1.82, 2.24) is 5.32 Å². The molecule has 1 N–H and O–H groups in total. The van der Waals surface area contributed by atoms with E-state index in [1.807, 2.05) is 6.07 Å². The van der Waals surface area contributed by atoms with Crippen molar-refractivity contribution in [2.75, 3.05) is 20.2 Å². The van der Waals surface area contributed by atoms with Crippen molar-refractivity contribution in [2.45, 2.75) is 0 Å². The van der Waals surface area contributed by atoms with E-state index >= 15 is 0 Å². The van der Waals surface area contributed by atoms with Crippen LogP contribution in [0, 0.1) is 0 Å². The van der Waals surface area contributed by atoms with Crippen LogP contribution in [0.4, 0.5) is 0 Å². The van der Waals surface area contributed by atoms with Gasteiger partial charge in [-0.05, 0) is 0 Å². The van der Waals surface area contributed by atoms with Gasteiger partial charge in [0.2, 0.25) is 0 Å². The van der Waals surface area contributed by atoms with Crippen LogP contribution in [0.25, 0.3) is 0 Å². The van der Waals surface area contributed by atoms with Crippen LogP contribution in [0.5, 0.6) is 0 Å². The molecule has 1 aromatic carbocycles. The maximum Gasteiger partial charge on any atom is 0.319 e. The summed E-state index contributed by atoms with van der Waals surface area (Å²) in [5, 5.41) is 2.71. The third-order valence-corrected chi connectivity index (χ3v) is 1.88. The summed E-state index contributed by atoms with van der Waals surface area (Å²) in [6.07, 6.45) is 0. The van der Waals surface area contributed by atoms with Gasteiger partial charge in [0, 0.05) is 5.56 Å². The molecule has 0 aliphatic carbocycles.